The zero-order valence-electron chi connectivity index (χ0n) is 15.2. The Hall–Kier alpha value is -4.40. The van der Waals surface area contributed by atoms with E-state index in [1.165, 1.54) is 0 Å². The van der Waals surface area contributed by atoms with E-state index >= 15 is 0 Å². The summed E-state index contributed by atoms with van der Waals surface area (Å²) in [5, 5.41) is 15.1. The lowest BCUT2D eigenvalue weighted by Gasteiger charge is -1.95. The number of nitrogens with zero attached hydrogens (tertiary/aromatic N) is 2. The van der Waals surface area contributed by atoms with Gasteiger partial charge in [-0.25, -0.2) is 9.97 Å². The van der Waals surface area contributed by atoms with Gasteiger partial charge in [-0.3, -0.25) is 10.8 Å². The molecule has 5 rings (SSSR count). The van der Waals surface area contributed by atoms with Crippen molar-refractivity contribution in [3.63, 3.8) is 0 Å². The van der Waals surface area contributed by atoms with Crippen molar-refractivity contribution in [1.82, 2.24) is 24.9 Å². The molecule has 0 spiro atoms. The first-order valence-corrected chi connectivity index (χ1v) is 8.86. The molecular formula is C20H17N9. The van der Waals surface area contributed by atoms with Crippen LogP contribution in [0.2, 0.25) is 0 Å². The summed E-state index contributed by atoms with van der Waals surface area (Å²) in [4.78, 5) is 19.1. The monoisotopic (exact) mass is 383 g/mol. The lowest BCUT2D eigenvalue weighted by molar-refractivity contribution is 1.24. The largest absolute Gasteiger partial charge is 0.384 e. The van der Waals surface area contributed by atoms with Gasteiger partial charge in [0.05, 0.1) is 33.5 Å². The van der Waals surface area contributed by atoms with Crippen LogP contribution in [-0.4, -0.2) is 36.6 Å². The predicted octanol–water partition coefficient (Wildman–Crippen LogP) is 2.67. The normalized spacial score (nSPS) is 11.3. The van der Waals surface area contributed by atoms with Crippen molar-refractivity contribution in [3.8, 4) is 23.0 Å². The Bertz CT molecular complexity index is 1310. The first-order valence-electron chi connectivity index (χ1n) is 8.86. The summed E-state index contributed by atoms with van der Waals surface area (Å²) < 4.78 is 0. The van der Waals surface area contributed by atoms with Gasteiger partial charge in [0.15, 0.2) is 11.6 Å². The summed E-state index contributed by atoms with van der Waals surface area (Å²) in [7, 11) is 0. The van der Waals surface area contributed by atoms with E-state index in [1.807, 2.05) is 24.3 Å². The van der Waals surface area contributed by atoms with E-state index in [0.29, 0.717) is 22.8 Å². The molecule has 9 N–H and O–H groups in total. The van der Waals surface area contributed by atoms with Crippen LogP contribution in [0.1, 0.15) is 11.1 Å². The summed E-state index contributed by atoms with van der Waals surface area (Å²) >= 11 is 0. The molecule has 3 aromatic heterocycles. The van der Waals surface area contributed by atoms with Gasteiger partial charge in [-0.15, -0.1) is 0 Å². The standard InChI is InChI=1S/C20H17N9/c21-17(22)9-1-3-11-15(7-9)28-19(26-11)13-5-6-14(25-13)20-27-12-4-2-10(18(23)24)8-16(12)29-20/h1-8,25H,(H3,21,22)(H3,23,24)(H,26,28)(H,27,29). The number of amidine groups is 2. The molecule has 0 aliphatic heterocycles. The quantitative estimate of drug-likeness (QED) is 0.187. The number of nitrogen functional groups attached to an aromatic ring is 2. The molecule has 0 atom stereocenters. The molecule has 0 bridgehead atoms. The Morgan fingerprint density at radius 1 is 0.655 bits per heavy atom. The van der Waals surface area contributed by atoms with Crippen molar-refractivity contribution in [2.24, 2.45) is 11.5 Å². The molecular weight excluding hydrogens is 366 g/mol. The van der Waals surface area contributed by atoms with Gasteiger partial charge >= 0.3 is 0 Å². The average molecular weight is 383 g/mol. The molecule has 0 aliphatic rings. The Kier molecular flexibility index (Phi) is 3.50. The number of benzene rings is 2. The minimum atomic E-state index is 0.0106. The van der Waals surface area contributed by atoms with Gasteiger partial charge in [0.2, 0.25) is 0 Å². The van der Waals surface area contributed by atoms with Gasteiger partial charge in [-0.2, -0.15) is 0 Å². The molecule has 0 unspecified atom stereocenters. The van der Waals surface area contributed by atoms with Crippen LogP contribution < -0.4 is 11.5 Å². The van der Waals surface area contributed by atoms with Gasteiger partial charge < -0.3 is 26.4 Å². The number of aromatic amines is 3. The molecule has 0 radical (unpaired) electrons. The molecule has 5 aromatic rings. The fourth-order valence-electron chi connectivity index (χ4n) is 3.27. The number of nitrogens with one attached hydrogen (secondary N) is 5. The Balaban J connectivity index is 1.52. The Labute approximate surface area is 164 Å². The van der Waals surface area contributed by atoms with Gasteiger partial charge in [0.25, 0.3) is 0 Å². The van der Waals surface area contributed by atoms with Crippen molar-refractivity contribution in [2.75, 3.05) is 0 Å². The second kappa shape index (κ2) is 6.06. The van der Waals surface area contributed by atoms with Crippen LogP contribution in [0.15, 0.2) is 48.5 Å². The molecule has 29 heavy (non-hydrogen) atoms. The zero-order valence-corrected chi connectivity index (χ0v) is 15.2. The zero-order chi connectivity index (χ0) is 20.1. The Morgan fingerprint density at radius 3 is 1.52 bits per heavy atom. The molecule has 0 saturated heterocycles. The molecule has 0 aliphatic carbocycles. The third kappa shape index (κ3) is 2.81. The Morgan fingerprint density at radius 2 is 1.10 bits per heavy atom. The van der Waals surface area contributed by atoms with Crippen LogP contribution in [-0.2, 0) is 0 Å². The first-order chi connectivity index (χ1) is 14.0. The molecule has 0 amide bonds. The van der Waals surface area contributed by atoms with Crippen molar-refractivity contribution in [3.05, 3.63) is 59.7 Å². The van der Waals surface area contributed by atoms with E-state index in [0.717, 1.165) is 33.5 Å². The molecule has 142 valence electrons. The highest BCUT2D eigenvalue weighted by Crippen LogP contribution is 2.25. The minimum Gasteiger partial charge on any atom is -0.384 e. The highest BCUT2D eigenvalue weighted by molar-refractivity contribution is 5.99. The summed E-state index contributed by atoms with van der Waals surface area (Å²) in [6.45, 7) is 0. The average Bonchev–Trinajstić information content (AvgIpc) is 3.42. The van der Waals surface area contributed by atoms with Crippen molar-refractivity contribution in [2.45, 2.75) is 0 Å². The van der Waals surface area contributed by atoms with Gasteiger partial charge in [0, 0.05) is 11.1 Å². The molecule has 0 fully saturated rings. The van der Waals surface area contributed by atoms with E-state index < -0.39 is 0 Å². The fourth-order valence-corrected chi connectivity index (χ4v) is 3.27. The SMILES string of the molecule is N=C(N)c1ccc2[nH]c(-c3ccc(-c4nc5cc(C(=N)N)ccc5[nH]4)[nH]3)nc2c1. The van der Waals surface area contributed by atoms with Crippen LogP contribution in [0.4, 0.5) is 0 Å². The smallest absolute Gasteiger partial charge is 0.154 e. The number of nitrogens with two attached hydrogens (primary N) is 2. The highest BCUT2D eigenvalue weighted by Gasteiger charge is 2.12. The van der Waals surface area contributed by atoms with Gasteiger partial charge in [-0.05, 0) is 48.5 Å². The van der Waals surface area contributed by atoms with Crippen LogP contribution in [0.5, 0.6) is 0 Å². The summed E-state index contributed by atoms with van der Waals surface area (Å²) in [6.07, 6.45) is 0. The number of imidazole rings is 2. The van der Waals surface area contributed by atoms with E-state index in [-0.39, 0.29) is 11.7 Å². The molecule has 3 heterocycles. The number of fused-ring (bicyclic) bond motifs is 2. The topological polar surface area (TPSA) is 173 Å². The maximum Gasteiger partial charge on any atom is 0.154 e. The summed E-state index contributed by atoms with van der Waals surface area (Å²) in [5.41, 5.74) is 17.2. The highest BCUT2D eigenvalue weighted by atomic mass is 15.0. The fraction of sp³-hybridized carbons (Fsp3) is 0. The van der Waals surface area contributed by atoms with Crippen LogP contribution in [0.25, 0.3) is 45.1 Å². The second-order valence-corrected chi connectivity index (χ2v) is 6.75. The number of H-pyrrole nitrogens is 3. The lowest BCUT2D eigenvalue weighted by atomic mass is 10.2. The summed E-state index contributed by atoms with van der Waals surface area (Å²) in [6, 6.07) is 14.7. The summed E-state index contributed by atoms with van der Waals surface area (Å²) in [5.74, 6) is 1.39. The van der Waals surface area contributed by atoms with Gasteiger partial charge in [0.1, 0.15) is 11.7 Å². The number of aromatic nitrogens is 5. The molecule has 9 heteroatoms. The van der Waals surface area contributed by atoms with Crippen molar-refractivity contribution >= 4 is 33.7 Å². The lowest BCUT2D eigenvalue weighted by Crippen LogP contribution is -2.10. The molecule has 2 aromatic carbocycles. The maximum absolute atomic E-state index is 7.57. The molecule has 9 nitrogen and oxygen atoms in total. The van der Waals surface area contributed by atoms with E-state index in [2.05, 4.69) is 24.9 Å². The number of hydrogen-bond donors (Lipinski definition) is 7. The van der Waals surface area contributed by atoms with E-state index in [4.69, 9.17) is 22.3 Å². The van der Waals surface area contributed by atoms with Crippen molar-refractivity contribution in [1.29, 1.82) is 10.8 Å². The predicted molar refractivity (Wildman–Crippen MR) is 113 cm³/mol. The number of rotatable bonds is 4. The van der Waals surface area contributed by atoms with E-state index in [1.54, 1.807) is 24.3 Å². The van der Waals surface area contributed by atoms with Crippen LogP contribution in [0.3, 0.4) is 0 Å². The maximum atomic E-state index is 7.57. The van der Waals surface area contributed by atoms with Crippen LogP contribution >= 0.6 is 0 Å². The number of hydrogen-bond acceptors (Lipinski definition) is 4. The third-order valence-corrected chi connectivity index (χ3v) is 4.78. The minimum absolute atomic E-state index is 0.0106. The third-order valence-electron chi connectivity index (χ3n) is 4.78. The van der Waals surface area contributed by atoms with Crippen LogP contribution in [0, 0.1) is 10.8 Å². The van der Waals surface area contributed by atoms with Crippen molar-refractivity contribution < 1.29 is 0 Å². The second-order valence-electron chi connectivity index (χ2n) is 6.75. The first kappa shape index (κ1) is 16.8. The molecule has 0 saturated carbocycles. The van der Waals surface area contributed by atoms with Gasteiger partial charge in [-0.1, -0.05) is 0 Å². The van der Waals surface area contributed by atoms with E-state index in [9.17, 15) is 0 Å².